The Morgan fingerprint density at radius 3 is 2.27 bits per heavy atom. The first-order chi connectivity index (χ1) is 18.1. The second-order valence-electron chi connectivity index (χ2n) is 8.86. The molecule has 1 aliphatic heterocycles. The van der Waals surface area contributed by atoms with Crippen LogP contribution in [0.15, 0.2) is 78.9 Å². The maximum Gasteiger partial charge on any atom is 0.228 e. The predicted molar refractivity (Wildman–Crippen MR) is 144 cm³/mol. The van der Waals surface area contributed by atoms with E-state index in [0.717, 1.165) is 31.7 Å². The van der Waals surface area contributed by atoms with E-state index >= 15 is 0 Å². The van der Waals surface area contributed by atoms with E-state index in [0.29, 0.717) is 39.9 Å². The molecule has 9 heteroatoms. The number of fused-ring (bicyclic) bond motifs is 1. The number of benzene rings is 3. The molecular weight excluding hydrogens is 469 g/mol. The molecule has 0 unspecified atom stereocenters. The summed E-state index contributed by atoms with van der Waals surface area (Å²) in [5.74, 6) is 1.21. The van der Waals surface area contributed by atoms with Crippen molar-refractivity contribution in [2.45, 2.75) is 0 Å². The number of halogens is 1. The van der Waals surface area contributed by atoms with Crippen LogP contribution in [0.2, 0.25) is 0 Å². The van der Waals surface area contributed by atoms with Crippen molar-refractivity contribution in [3.05, 3.63) is 84.7 Å². The van der Waals surface area contributed by atoms with Gasteiger partial charge in [0, 0.05) is 37.4 Å². The zero-order chi connectivity index (χ0) is 25.4. The van der Waals surface area contributed by atoms with Crippen molar-refractivity contribution in [2.75, 3.05) is 48.8 Å². The van der Waals surface area contributed by atoms with Crippen LogP contribution in [0.4, 0.5) is 21.8 Å². The Balaban J connectivity index is 1.45. The van der Waals surface area contributed by atoms with Crippen LogP contribution < -0.4 is 20.3 Å². The lowest BCUT2D eigenvalue weighted by Gasteiger charge is -2.36. The summed E-state index contributed by atoms with van der Waals surface area (Å²) in [7, 11) is 1.63. The largest absolute Gasteiger partial charge is 0.496 e. The van der Waals surface area contributed by atoms with Crippen LogP contribution >= 0.6 is 0 Å². The molecule has 0 spiro atoms. The molecule has 37 heavy (non-hydrogen) atoms. The van der Waals surface area contributed by atoms with Crippen molar-refractivity contribution in [3.8, 4) is 22.7 Å². The minimum Gasteiger partial charge on any atom is -0.496 e. The highest BCUT2D eigenvalue weighted by molar-refractivity contribution is 6.00. The maximum absolute atomic E-state index is 14.0. The summed E-state index contributed by atoms with van der Waals surface area (Å²) in [6.07, 6.45) is 0. The average molecular weight is 496 g/mol. The van der Waals surface area contributed by atoms with Crippen LogP contribution in [0.3, 0.4) is 0 Å². The lowest BCUT2D eigenvalue weighted by molar-refractivity contribution is 0.416. The average Bonchev–Trinajstić information content (AvgIpc) is 3.29. The SMILES string of the molecule is COc1ccccc1-c1nc(N2CCN(c3ccccc3)CC2)nc2nn(-c3cccc(F)c3)c(N)c12. The summed E-state index contributed by atoms with van der Waals surface area (Å²) >= 11 is 0. The van der Waals surface area contributed by atoms with Crippen LogP contribution in [0.5, 0.6) is 5.75 Å². The number of hydrogen-bond donors (Lipinski definition) is 1. The molecule has 3 heterocycles. The second kappa shape index (κ2) is 9.42. The molecule has 1 aliphatic rings. The molecule has 0 bridgehead atoms. The number of ether oxygens (including phenoxy) is 1. The van der Waals surface area contributed by atoms with Gasteiger partial charge in [-0.05, 0) is 42.5 Å². The fourth-order valence-corrected chi connectivity index (χ4v) is 4.78. The fraction of sp³-hybridized carbons (Fsp3) is 0.179. The van der Waals surface area contributed by atoms with Crippen LogP contribution in [-0.4, -0.2) is 53.0 Å². The summed E-state index contributed by atoms with van der Waals surface area (Å²) < 4.78 is 21.2. The van der Waals surface area contributed by atoms with Gasteiger partial charge in [0.1, 0.15) is 17.4 Å². The minimum atomic E-state index is -0.371. The monoisotopic (exact) mass is 495 g/mol. The van der Waals surface area contributed by atoms with E-state index in [4.69, 9.17) is 20.4 Å². The summed E-state index contributed by atoms with van der Waals surface area (Å²) in [6, 6.07) is 24.2. The molecule has 3 aromatic carbocycles. The van der Waals surface area contributed by atoms with Gasteiger partial charge in [0.05, 0.1) is 23.9 Å². The Bertz CT molecular complexity index is 1560. The highest BCUT2D eigenvalue weighted by Crippen LogP contribution is 2.37. The smallest absolute Gasteiger partial charge is 0.228 e. The Kier molecular flexibility index (Phi) is 5.80. The van der Waals surface area contributed by atoms with Crippen LogP contribution in [-0.2, 0) is 0 Å². The van der Waals surface area contributed by atoms with Crippen molar-refractivity contribution in [2.24, 2.45) is 0 Å². The van der Waals surface area contributed by atoms with Gasteiger partial charge in [0.25, 0.3) is 0 Å². The van der Waals surface area contributed by atoms with Crippen molar-refractivity contribution in [1.29, 1.82) is 0 Å². The van der Waals surface area contributed by atoms with Crippen molar-refractivity contribution in [3.63, 3.8) is 0 Å². The molecule has 0 saturated carbocycles. The number of para-hydroxylation sites is 2. The van der Waals surface area contributed by atoms with Crippen LogP contribution in [0.1, 0.15) is 0 Å². The number of rotatable bonds is 5. The molecule has 1 saturated heterocycles. The number of aromatic nitrogens is 4. The highest BCUT2D eigenvalue weighted by atomic mass is 19.1. The highest BCUT2D eigenvalue weighted by Gasteiger charge is 2.25. The standard InChI is InChI=1S/C28H26FN7O/c1-37-23-13-6-5-12-22(23)25-24-26(30)36(21-11-7-8-19(29)18-21)33-27(24)32-28(31-25)35-16-14-34(15-17-35)20-9-3-2-4-10-20/h2-13,18H,14-17,30H2,1H3. The maximum atomic E-state index is 14.0. The lowest BCUT2D eigenvalue weighted by Crippen LogP contribution is -2.47. The first-order valence-corrected chi connectivity index (χ1v) is 12.1. The van der Waals surface area contributed by atoms with E-state index in [9.17, 15) is 4.39 Å². The summed E-state index contributed by atoms with van der Waals surface area (Å²) in [5, 5.41) is 5.28. The molecular formula is C28H26FN7O. The number of nitrogens with two attached hydrogens (primary N) is 1. The van der Waals surface area contributed by atoms with Gasteiger partial charge in [-0.3, -0.25) is 0 Å². The zero-order valence-electron chi connectivity index (χ0n) is 20.4. The Labute approximate surface area is 213 Å². The van der Waals surface area contributed by atoms with Gasteiger partial charge in [0.2, 0.25) is 5.95 Å². The van der Waals surface area contributed by atoms with Crippen molar-refractivity contribution in [1.82, 2.24) is 19.7 Å². The first-order valence-electron chi connectivity index (χ1n) is 12.1. The molecule has 8 nitrogen and oxygen atoms in total. The van der Waals surface area contributed by atoms with E-state index in [-0.39, 0.29) is 5.82 Å². The van der Waals surface area contributed by atoms with Gasteiger partial charge in [-0.1, -0.05) is 36.4 Å². The molecule has 186 valence electrons. The number of hydrogen-bond acceptors (Lipinski definition) is 7. The first kappa shape index (κ1) is 22.8. The van der Waals surface area contributed by atoms with Gasteiger partial charge >= 0.3 is 0 Å². The normalized spacial score (nSPS) is 13.8. The van der Waals surface area contributed by atoms with Crippen LogP contribution in [0, 0.1) is 5.82 Å². The molecule has 0 aliphatic carbocycles. The molecule has 6 rings (SSSR count). The van der Waals surface area contributed by atoms with Gasteiger partial charge < -0.3 is 20.3 Å². The number of methoxy groups -OCH3 is 1. The number of anilines is 3. The molecule has 2 N–H and O–H groups in total. The molecule has 2 aromatic heterocycles. The Morgan fingerprint density at radius 2 is 1.51 bits per heavy atom. The van der Waals surface area contributed by atoms with E-state index in [1.54, 1.807) is 19.2 Å². The number of piperazine rings is 1. The predicted octanol–water partition coefficient (Wildman–Crippen LogP) is 4.54. The number of nitrogens with zero attached hydrogens (tertiary/aromatic N) is 6. The topological polar surface area (TPSA) is 85.3 Å². The van der Waals surface area contributed by atoms with E-state index in [1.807, 2.05) is 30.3 Å². The van der Waals surface area contributed by atoms with Gasteiger partial charge in [-0.25, -0.2) is 14.1 Å². The molecule has 0 amide bonds. The summed E-state index contributed by atoms with van der Waals surface area (Å²) in [5.41, 5.74) is 10.2. The van der Waals surface area contributed by atoms with E-state index < -0.39 is 0 Å². The van der Waals surface area contributed by atoms with Crippen LogP contribution in [0.25, 0.3) is 28.0 Å². The van der Waals surface area contributed by atoms with Gasteiger partial charge in [-0.15, -0.1) is 5.10 Å². The Morgan fingerprint density at radius 1 is 0.811 bits per heavy atom. The third-order valence-corrected chi connectivity index (χ3v) is 6.66. The third-order valence-electron chi connectivity index (χ3n) is 6.66. The molecule has 0 radical (unpaired) electrons. The van der Waals surface area contributed by atoms with Gasteiger partial charge in [-0.2, -0.15) is 4.98 Å². The fourth-order valence-electron chi connectivity index (χ4n) is 4.78. The quantitative estimate of drug-likeness (QED) is 0.383. The zero-order valence-corrected chi connectivity index (χ0v) is 20.4. The second-order valence-corrected chi connectivity index (χ2v) is 8.86. The third kappa shape index (κ3) is 4.18. The van der Waals surface area contributed by atoms with Crippen molar-refractivity contribution < 1.29 is 9.13 Å². The van der Waals surface area contributed by atoms with Gasteiger partial charge in [0.15, 0.2) is 5.65 Å². The molecule has 5 aromatic rings. The summed E-state index contributed by atoms with van der Waals surface area (Å²) in [4.78, 5) is 14.3. The molecule has 1 fully saturated rings. The minimum absolute atomic E-state index is 0.335. The van der Waals surface area contributed by atoms with E-state index in [2.05, 4.69) is 39.2 Å². The molecule has 0 atom stereocenters. The lowest BCUT2D eigenvalue weighted by atomic mass is 10.1. The van der Waals surface area contributed by atoms with Crippen molar-refractivity contribution >= 4 is 28.5 Å². The number of nitrogen functional groups attached to an aromatic ring is 1. The Hall–Kier alpha value is -4.66. The van der Waals surface area contributed by atoms with E-state index in [1.165, 1.54) is 22.5 Å². The summed E-state index contributed by atoms with van der Waals surface area (Å²) in [6.45, 7) is 3.20.